The van der Waals surface area contributed by atoms with E-state index in [4.69, 9.17) is 0 Å². The number of nitrogens with zero attached hydrogens (tertiary/aromatic N) is 1. The van der Waals surface area contributed by atoms with Crippen molar-refractivity contribution in [1.82, 2.24) is 4.98 Å². The number of unbranched alkanes of at least 4 members (excludes halogenated alkanes) is 1. The van der Waals surface area contributed by atoms with Crippen LogP contribution < -0.4 is 0 Å². The number of hydrogen-bond acceptors (Lipinski definition) is 2. The van der Waals surface area contributed by atoms with Crippen LogP contribution in [0.3, 0.4) is 0 Å². The van der Waals surface area contributed by atoms with Gasteiger partial charge in [0.1, 0.15) is 5.69 Å². The quantitative estimate of drug-likeness (QED) is 0.660. The van der Waals surface area contributed by atoms with Crippen molar-refractivity contribution in [3.8, 4) is 0 Å². The van der Waals surface area contributed by atoms with Crippen molar-refractivity contribution >= 4 is 16.7 Å². The zero-order valence-corrected chi connectivity index (χ0v) is 12.4. The van der Waals surface area contributed by atoms with E-state index in [2.05, 4.69) is 18.8 Å². The van der Waals surface area contributed by atoms with Gasteiger partial charge >= 0.3 is 0 Å². The van der Waals surface area contributed by atoms with Gasteiger partial charge in [-0.3, -0.25) is 4.79 Å². The average molecular weight is 269 g/mol. The highest BCUT2D eigenvalue weighted by atomic mass is 16.1. The van der Waals surface area contributed by atoms with Crippen LogP contribution in [0.15, 0.2) is 36.4 Å². The maximum atomic E-state index is 12.4. The predicted molar refractivity (Wildman–Crippen MR) is 84.0 cm³/mol. The molecule has 0 radical (unpaired) electrons. The van der Waals surface area contributed by atoms with Crippen LogP contribution in [0.25, 0.3) is 10.9 Å². The number of pyridine rings is 1. The molecule has 2 nitrogen and oxygen atoms in total. The molecular weight excluding hydrogens is 246 g/mol. The van der Waals surface area contributed by atoms with E-state index in [0.717, 1.165) is 23.7 Å². The third kappa shape index (κ3) is 3.66. The first-order valence-corrected chi connectivity index (χ1v) is 7.63. The lowest BCUT2D eigenvalue weighted by Gasteiger charge is -2.13. The summed E-state index contributed by atoms with van der Waals surface area (Å²) in [6.07, 6.45) is 5.24. The Hall–Kier alpha value is -1.70. The lowest BCUT2D eigenvalue weighted by Crippen LogP contribution is -2.10. The van der Waals surface area contributed by atoms with Gasteiger partial charge in [-0.2, -0.15) is 0 Å². The largest absolute Gasteiger partial charge is 0.292 e. The summed E-state index contributed by atoms with van der Waals surface area (Å²) in [5.74, 6) is 0.675. The second-order valence-electron chi connectivity index (χ2n) is 5.43. The van der Waals surface area contributed by atoms with E-state index in [1.165, 1.54) is 12.8 Å². The molecule has 106 valence electrons. The highest BCUT2D eigenvalue weighted by Gasteiger charge is 2.14. The summed E-state index contributed by atoms with van der Waals surface area (Å²) >= 11 is 0. The zero-order valence-electron chi connectivity index (χ0n) is 12.4. The molecule has 1 aromatic carbocycles. The van der Waals surface area contributed by atoms with Gasteiger partial charge < -0.3 is 0 Å². The fraction of sp³-hybridized carbons (Fsp3) is 0.444. The predicted octanol–water partition coefficient (Wildman–Crippen LogP) is 5.02. The number of Topliss-reactive ketones (excluding diaryl/α,β-unsaturated/α-hetero) is 1. The lowest BCUT2D eigenvalue weighted by atomic mass is 9.93. The van der Waals surface area contributed by atoms with Gasteiger partial charge in [0.25, 0.3) is 0 Å². The number of aromatic nitrogens is 1. The number of carbonyl (C=O) groups is 1. The van der Waals surface area contributed by atoms with E-state index in [9.17, 15) is 4.79 Å². The van der Waals surface area contributed by atoms with Gasteiger partial charge in [-0.05, 0) is 18.1 Å². The average Bonchev–Trinajstić information content (AvgIpc) is 2.50. The molecule has 1 heterocycles. The van der Waals surface area contributed by atoms with Crippen molar-refractivity contribution in [3.63, 3.8) is 0 Å². The molecule has 0 aliphatic carbocycles. The Morgan fingerprint density at radius 3 is 2.70 bits per heavy atom. The smallest absolute Gasteiger partial charge is 0.181 e. The Labute approximate surface area is 121 Å². The minimum atomic E-state index is 0.179. The van der Waals surface area contributed by atoms with E-state index < -0.39 is 0 Å². The van der Waals surface area contributed by atoms with E-state index in [1.807, 2.05) is 36.4 Å². The molecule has 20 heavy (non-hydrogen) atoms. The van der Waals surface area contributed by atoms with E-state index >= 15 is 0 Å². The normalized spacial score (nSPS) is 12.5. The third-order valence-corrected chi connectivity index (χ3v) is 3.90. The summed E-state index contributed by atoms with van der Waals surface area (Å²) in [6, 6.07) is 11.8. The first kappa shape index (κ1) is 14.7. The molecule has 0 saturated heterocycles. The van der Waals surface area contributed by atoms with Gasteiger partial charge in [0.2, 0.25) is 0 Å². The summed E-state index contributed by atoms with van der Waals surface area (Å²) in [4.78, 5) is 16.9. The number of hydrogen-bond donors (Lipinski definition) is 0. The molecular formula is C18H23NO. The van der Waals surface area contributed by atoms with Crippen LogP contribution in [0, 0.1) is 5.92 Å². The van der Waals surface area contributed by atoms with E-state index in [1.54, 1.807) is 0 Å². The van der Waals surface area contributed by atoms with Crippen LogP contribution >= 0.6 is 0 Å². The molecule has 0 spiro atoms. The summed E-state index contributed by atoms with van der Waals surface area (Å²) < 4.78 is 0. The van der Waals surface area contributed by atoms with Gasteiger partial charge in [0.05, 0.1) is 5.52 Å². The summed E-state index contributed by atoms with van der Waals surface area (Å²) in [6.45, 7) is 4.36. The zero-order chi connectivity index (χ0) is 14.4. The van der Waals surface area contributed by atoms with Crippen molar-refractivity contribution in [3.05, 3.63) is 42.1 Å². The molecule has 0 fully saturated rings. The summed E-state index contributed by atoms with van der Waals surface area (Å²) in [5, 5.41) is 1.09. The van der Waals surface area contributed by atoms with Crippen LogP contribution in [0.4, 0.5) is 0 Å². The van der Waals surface area contributed by atoms with Crippen molar-refractivity contribution in [1.29, 1.82) is 0 Å². The summed E-state index contributed by atoms with van der Waals surface area (Å²) in [5.41, 5.74) is 1.51. The van der Waals surface area contributed by atoms with Crippen LogP contribution in [0.1, 0.15) is 56.4 Å². The number of benzene rings is 1. The van der Waals surface area contributed by atoms with Crippen molar-refractivity contribution in [2.45, 2.75) is 46.0 Å². The maximum Gasteiger partial charge on any atom is 0.181 e. The van der Waals surface area contributed by atoms with Crippen molar-refractivity contribution in [2.24, 2.45) is 5.92 Å². The SMILES string of the molecule is CCCCC(CC)CC(=O)c1ccc2ccccc2n1. The summed E-state index contributed by atoms with van der Waals surface area (Å²) in [7, 11) is 0. The van der Waals surface area contributed by atoms with E-state index in [0.29, 0.717) is 18.0 Å². The number of para-hydroxylation sites is 1. The van der Waals surface area contributed by atoms with Crippen LogP contribution in [0.2, 0.25) is 0 Å². The highest BCUT2D eigenvalue weighted by Crippen LogP contribution is 2.20. The lowest BCUT2D eigenvalue weighted by molar-refractivity contribution is 0.0952. The monoisotopic (exact) mass is 269 g/mol. The Morgan fingerprint density at radius 2 is 1.95 bits per heavy atom. The second-order valence-corrected chi connectivity index (χ2v) is 5.43. The van der Waals surface area contributed by atoms with Gasteiger partial charge in [-0.15, -0.1) is 0 Å². The number of carbonyl (C=O) groups excluding carboxylic acids is 1. The van der Waals surface area contributed by atoms with Crippen LogP contribution in [0.5, 0.6) is 0 Å². The Kier molecular flexibility index (Phi) is 5.28. The number of ketones is 1. The molecule has 0 bridgehead atoms. The molecule has 2 heteroatoms. The molecule has 0 aliphatic heterocycles. The van der Waals surface area contributed by atoms with Gasteiger partial charge in [-0.1, -0.05) is 63.8 Å². The molecule has 0 amide bonds. The third-order valence-electron chi connectivity index (χ3n) is 3.90. The molecule has 0 aliphatic rings. The molecule has 2 aromatic rings. The Balaban J connectivity index is 2.10. The Bertz CT molecular complexity index is 576. The fourth-order valence-electron chi connectivity index (χ4n) is 2.53. The van der Waals surface area contributed by atoms with Gasteiger partial charge in [0, 0.05) is 11.8 Å². The molecule has 1 aromatic heterocycles. The molecule has 2 rings (SSSR count). The standard InChI is InChI=1S/C18H23NO/c1-3-5-8-14(4-2)13-18(20)17-12-11-15-9-6-7-10-16(15)19-17/h6-7,9-12,14H,3-5,8,13H2,1-2H3. The fourth-order valence-corrected chi connectivity index (χ4v) is 2.53. The first-order valence-electron chi connectivity index (χ1n) is 7.63. The number of rotatable bonds is 7. The number of fused-ring (bicyclic) bond motifs is 1. The molecule has 1 unspecified atom stereocenters. The molecule has 0 saturated carbocycles. The topological polar surface area (TPSA) is 30.0 Å². The highest BCUT2D eigenvalue weighted by molar-refractivity contribution is 5.96. The van der Waals surface area contributed by atoms with Gasteiger partial charge in [0.15, 0.2) is 5.78 Å². The second kappa shape index (κ2) is 7.18. The minimum absolute atomic E-state index is 0.179. The first-order chi connectivity index (χ1) is 9.74. The van der Waals surface area contributed by atoms with Gasteiger partial charge in [-0.25, -0.2) is 4.98 Å². The van der Waals surface area contributed by atoms with Crippen molar-refractivity contribution < 1.29 is 4.79 Å². The Morgan fingerprint density at radius 1 is 1.15 bits per heavy atom. The molecule has 1 atom stereocenters. The molecule has 0 N–H and O–H groups in total. The van der Waals surface area contributed by atoms with Crippen LogP contribution in [-0.2, 0) is 0 Å². The minimum Gasteiger partial charge on any atom is -0.292 e. The van der Waals surface area contributed by atoms with Crippen molar-refractivity contribution in [2.75, 3.05) is 0 Å². The van der Waals surface area contributed by atoms with Crippen LogP contribution in [-0.4, -0.2) is 10.8 Å². The maximum absolute atomic E-state index is 12.4. The van der Waals surface area contributed by atoms with E-state index in [-0.39, 0.29) is 5.78 Å².